The van der Waals surface area contributed by atoms with E-state index in [1.165, 1.54) is 32.1 Å². The van der Waals surface area contributed by atoms with Gasteiger partial charge in [-0.1, -0.05) is 51.1 Å². The van der Waals surface area contributed by atoms with E-state index in [9.17, 15) is 4.79 Å². The summed E-state index contributed by atoms with van der Waals surface area (Å²) in [6, 6.07) is 11.8. The maximum Gasteiger partial charge on any atom is 0.207 e. The lowest BCUT2D eigenvalue weighted by atomic mass is 9.51. The number of fused-ring (bicyclic) bond motifs is 2. The highest BCUT2D eigenvalue weighted by Gasteiger charge is 2.48. The van der Waals surface area contributed by atoms with Crippen LogP contribution < -0.4 is 10.6 Å². The van der Waals surface area contributed by atoms with E-state index in [-0.39, 0.29) is 0 Å². The standard InChI is InChI=1S/C18H26.C6H12N2O/c1-14-9-15-11-17(2,3)13-18(10-14,12-15)16-7-5-4-6-8-16;9-5-8-6-1-3-7-4-2-6/h4-8,14-15H,9-13H2,1-3H3;5-7H,1-4H2,(H,8,9). The van der Waals surface area contributed by atoms with Crippen LogP contribution in [0.1, 0.15) is 71.3 Å². The summed E-state index contributed by atoms with van der Waals surface area (Å²) in [4.78, 5) is 9.94. The second-order valence-corrected chi connectivity index (χ2v) is 10.1. The Hall–Kier alpha value is -1.35. The third-order valence-corrected chi connectivity index (χ3v) is 6.84. The molecule has 1 saturated heterocycles. The van der Waals surface area contributed by atoms with Gasteiger partial charge >= 0.3 is 0 Å². The van der Waals surface area contributed by atoms with Crippen molar-refractivity contribution in [3.05, 3.63) is 35.9 Å². The normalized spacial score (nSPS) is 32.7. The maximum absolute atomic E-state index is 9.94. The third kappa shape index (κ3) is 5.34. The third-order valence-electron chi connectivity index (χ3n) is 6.84. The number of carbonyl (C=O) groups excluding carboxylic acids is 1. The fourth-order valence-corrected chi connectivity index (χ4v) is 6.32. The van der Waals surface area contributed by atoms with Crippen LogP contribution in [-0.4, -0.2) is 25.5 Å². The molecule has 2 saturated carbocycles. The molecule has 2 N–H and O–H groups in total. The second-order valence-electron chi connectivity index (χ2n) is 10.1. The van der Waals surface area contributed by atoms with Crippen LogP contribution in [0.4, 0.5) is 0 Å². The maximum atomic E-state index is 9.94. The lowest BCUT2D eigenvalue weighted by molar-refractivity contribution is -0.110. The van der Waals surface area contributed by atoms with Crippen LogP contribution in [0.25, 0.3) is 0 Å². The van der Waals surface area contributed by atoms with Gasteiger partial charge < -0.3 is 10.6 Å². The van der Waals surface area contributed by atoms with E-state index in [1.807, 2.05) is 0 Å². The predicted molar refractivity (Wildman–Crippen MR) is 113 cm³/mol. The van der Waals surface area contributed by atoms with Gasteiger partial charge in [-0.25, -0.2) is 0 Å². The summed E-state index contributed by atoms with van der Waals surface area (Å²) in [6.45, 7) is 9.48. The molecule has 150 valence electrons. The molecule has 27 heavy (non-hydrogen) atoms. The molecule has 1 aromatic rings. The Balaban J connectivity index is 0.000000197. The minimum Gasteiger partial charge on any atom is -0.356 e. The lowest BCUT2D eigenvalue weighted by Gasteiger charge is -2.54. The predicted octanol–water partition coefficient (Wildman–Crippen LogP) is 4.67. The molecule has 3 aliphatic rings. The molecular formula is C24H38N2O. The van der Waals surface area contributed by atoms with Gasteiger partial charge in [-0.3, -0.25) is 4.79 Å². The van der Waals surface area contributed by atoms with E-state index in [2.05, 4.69) is 61.7 Å². The fourth-order valence-electron chi connectivity index (χ4n) is 6.32. The Bertz CT molecular complexity index is 590. The first-order valence-electron chi connectivity index (χ1n) is 10.9. The van der Waals surface area contributed by atoms with Crippen molar-refractivity contribution >= 4 is 6.41 Å². The SMILES string of the molecule is CC1CC2CC(C)(C)CC(c3ccccc3)(C1)C2.O=CNC1CCNCC1. The summed E-state index contributed by atoms with van der Waals surface area (Å²) >= 11 is 0. The van der Waals surface area contributed by atoms with E-state index in [4.69, 9.17) is 0 Å². The number of amides is 1. The number of piperidine rings is 1. The topological polar surface area (TPSA) is 41.1 Å². The number of hydrogen-bond acceptors (Lipinski definition) is 2. The molecule has 0 spiro atoms. The summed E-state index contributed by atoms with van der Waals surface area (Å²) < 4.78 is 0. The van der Waals surface area contributed by atoms with Crippen LogP contribution in [0.2, 0.25) is 0 Å². The first-order chi connectivity index (χ1) is 12.9. The van der Waals surface area contributed by atoms with E-state index in [1.54, 1.807) is 5.56 Å². The first kappa shape index (κ1) is 20.4. The molecule has 0 aromatic heterocycles. The van der Waals surface area contributed by atoms with Crippen molar-refractivity contribution in [1.82, 2.24) is 10.6 Å². The van der Waals surface area contributed by atoms with Gasteiger partial charge in [0, 0.05) is 6.04 Å². The zero-order valence-electron chi connectivity index (χ0n) is 17.5. The van der Waals surface area contributed by atoms with Crippen molar-refractivity contribution in [3.63, 3.8) is 0 Å². The molecule has 1 amide bonds. The minimum absolute atomic E-state index is 0.420. The average molecular weight is 371 g/mol. The molecule has 2 aliphatic carbocycles. The molecule has 3 atom stereocenters. The second kappa shape index (κ2) is 8.77. The smallest absolute Gasteiger partial charge is 0.207 e. The quantitative estimate of drug-likeness (QED) is 0.760. The van der Waals surface area contributed by atoms with Crippen LogP contribution in [0.15, 0.2) is 30.3 Å². The van der Waals surface area contributed by atoms with Crippen LogP contribution in [-0.2, 0) is 10.2 Å². The Morgan fingerprint density at radius 2 is 1.78 bits per heavy atom. The van der Waals surface area contributed by atoms with E-state index in [0.29, 0.717) is 16.9 Å². The van der Waals surface area contributed by atoms with Gasteiger partial charge in [0.2, 0.25) is 6.41 Å². The fraction of sp³-hybridized carbons (Fsp3) is 0.708. The Kier molecular flexibility index (Phi) is 6.62. The van der Waals surface area contributed by atoms with Gasteiger partial charge in [0.25, 0.3) is 0 Å². The van der Waals surface area contributed by atoms with Crippen molar-refractivity contribution in [2.24, 2.45) is 17.3 Å². The number of carbonyl (C=O) groups is 1. The van der Waals surface area contributed by atoms with Crippen LogP contribution >= 0.6 is 0 Å². The number of rotatable bonds is 3. The lowest BCUT2D eigenvalue weighted by Crippen LogP contribution is -2.45. The number of hydrogen-bond donors (Lipinski definition) is 2. The molecule has 2 bridgehead atoms. The Morgan fingerprint density at radius 3 is 2.44 bits per heavy atom. The molecule has 1 aliphatic heterocycles. The molecule has 3 nitrogen and oxygen atoms in total. The Morgan fingerprint density at radius 1 is 1.07 bits per heavy atom. The number of nitrogens with one attached hydrogen (secondary N) is 2. The summed E-state index contributed by atoms with van der Waals surface area (Å²) in [5.74, 6) is 1.86. The van der Waals surface area contributed by atoms with Crippen molar-refractivity contribution in [3.8, 4) is 0 Å². The molecule has 1 heterocycles. The van der Waals surface area contributed by atoms with Gasteiger partial charge in [0.05, 0.1) is 0 Å². The first-order valence-corrected chi connectivity index (χ1v) is 10.9. The van der Waals surface area contributed by atoms with Gasteiger partial charge in [-0.2, -0.15) is 0 Å². The monoisotopic (exact) mass is 370 g/mol. The zero-order chi connectivity index (χ0) is 19.3. The van der Waals surface area contributed by atoms with Crippen LogP contribution in [0.3, 0.4) is 0 Å². The van der Waals surface area contributed by atoms with Crippen LogP contribution in [0.5, 0.6) is 0 Å². The highest BCUT2D eigenvalue weighted by atomic mass is 16.1. The highest BCUT2D eigenvalue weighted by Crippen LogP contribution is 2.57. The van der Waals surface area contributed by atoms with Crippen molar-refractivity contribution in [2.45, 2.75) is 77.2 Å². The van der Waals surface area contributed by atoms with Crippen molar-refractivity contribution in [1.29, 1.82) is 0 Å². The van der Waals surface area contributed by atoms with E-state index < -0.39 is 0 Å². The summed E-state index contributed by atoms with van der Waals surface area (Å²) in [5, 5.41) is 5.98. The molecular weight excluding hydrogens is 332 g/mol. The molecule has 3 fully saturated rings. The van der Waals surface area contributed by atoms with Gasteiger partial charge in [0.15, 0.2) is 0 Å². The summed E-state index contributed by atoms with van der Waals surface area (Å²) in [6.07, 6.45) is 10.0. The average Bonchev–Trinajstić information content (AvgIpc) is 2.62. The summed E-state index contributed by atoms with van der Waals surface area (Å²) in [7, 11) is 0. The molecule has 4 rings (SSSR count). The van der Waals surface area contributed by atoms with Gasteiger partial charge in [0.1, 0.15) is 0 Å². The van der Waals surface area contributed by atoms with Crippen molar-refractivity contribution < 1.29 is 4.79 Å². The highest BCUT2D eigenvalue weighted by molar-refractivity contribution is 5.46. The minimum atomic E-state index is 0.420. The Labute approximate surface area is 165 Å². The molecule has 1 aromatic carbocycles. The molecule has 0 radical (unpaired) electrons. The van der Waals surface area contributed by atoms with Crippen LogP contribution in [0, 0.1) is 17.3 Å². The van der Waals surface area contributed by atoms with Gasteiger partial charge in [-0.15, -0.1) is 0 Å². The summed E-state index contributed by atoms with van der Waals surface area (Å²) in [5.41, 5.74) is 2.61. The zero-order valence-corrected chi connectivity index (χ0v) is 17.5. The number of benzene rings is 1. The van der Waals surface area contributed by atoms with E-state index in [0.717, 1.165) is 44.2 Å². The van der Waals surface area contributed by atoms with Gasteiger partial charge in [-0.05, 0) is 86.3 Å². The van der Waals surface area contributed by atoms with E-state index >= 15 is 0 Å². The van der Waals surface area contributed by atoms with Crippen molar-refractivity contribution in [2.75, 3.05) is 13.1 Å². The molecule has 3 heteroatoms. The molecule has 3 unspecified atom stereocenters. The largest absolute Gasteiger partial charge is 0.356 e.